The molecule has 0 spiro atoms. The SMILES string of the molecule is CCC(O)(CC)CN1C(=O)CN(C)C1=O. The number of hydrogen-bond acceptors (Lipinski definition) is 3. The van der Waals surface area contributed by atoms with E-state index < -0.39 is 5.60 Å². The fraction of sp³-hybridized carbons (Fsp3) is 0.800. The minimum Gasteiger partial charge on any atom is -0.388 e. The normalized spacial score (nSPS) is 17.9. The van der Waals surface area contributed by atoms with Gasteiger partial charge in [0.05, 0.1) is 12.1 Å². The number of carbonyl (C=O) groups excluding carboxylic acids is 2. The predicted molar refractivity (Wildman–Crippen MR) is 55.3 cm³/mol. The van der Waals surface area contributed by atoms with Gasteiger partial charge in [0.2, 0.25) is 5.91 Å². The molecule has 1 rings (SSSR count). The molecule has 0 saturated carbocycles. The van der Waals surface area contributed by atoms with E-state index in [-0.39, 0.29) is 25.0 Å². The number of hydrogen-bond donors (Lipinski definition) is 1. The molecule has 1 heterocycles. The summed E-state index contributed by atoms with van der Waals surface area (Å²) in [5.41, 5.74) is -0.948. The van der Waals surface area contributed by atoms with E-state index in [2.05, 4.69) is 0 Å². The van der Waals surface area contributed by atoms with E-state index in [1.54, 1.807) is 7.05 Å². The maximum atomic E-state index is 11.5. The Kier molecular flexibility index (Phi) is 3.34. The number of nitrogens with zero attached hydrogens (tertiary/aromatic N) is 2. The van der Waals surface area contributed by atoms with Crippen molar-refractivity contribution in [1.82, 2.24) is 9.80 Å². The van der Waals surface area contributed by atoms with Crippen LogP contribution in [-0.4, -0.2) is 52.6 Å². The van der Waals surface area contributed by atoms with Gasteiger partial charge < -0.3 is 10.0 Å². The van der Waals surface area contributed by atoms with Crippen molar-refractivity contribution in [3.8, 4) is 0 Å². The quantitative estimate of drug-likeness (QED) is 0.690. The number of urea groups is 1. The summed E-state index contributed by atoms with van der Waals surface area (Å²) < 4.78 is 0. The molecule has 1 aliphatic heterocycles. The largest absolute Gasteiger partial charge is 0.388 e. The van der Waals surface area contributed by atoms with Gasteiger partial charge in [-0.3, -0.25) is 9.69 Å². The van der Waals surface area contributed by atoms with E-state index in [0.29, 0.717) is 12.8 Å². The molecule has 5 nitrogen and oxygen atoms in total. The Hall–Kier alpha value is -1.10. The summed E-state index contributed by atoms with van der Waals surface area (Å²) in [5.74, 6) is -0.233. The van der Waals surface area contributed by atoms with E-state index in [9.17, 15) is 14.7 Å². The van der Waals surface area contributed by atoms with E-state index in [1.807, 2.05) is 13.8 Å². The fourth-order valence-corrected chi connectivity index (χ4v) is 1.59. The first-order valence-electron chi connectivity index (χ1n) is 5.21. The van der Waals surface area contributed by atoms with Gasteiger partial charge in [0, 0.05) is 7.05 Å². The van der Waals surface area contributed by atoms with Crippen LogP contribution in [0.4, 0.5) is 4.79 Å². The number of rotatable bonds is 4. The molecule has 1 aliphatic rings. The standard InChI is InChI=1S/C10H18N2O3/c1-4-10(15,5-2)7-12-8(13)6-11(3)9(12)14/h15H,4-7H2,1-3H3. The summed E-state index contributed by atoms with van der Waals surface area (Å²) in [5, 5.41) is 10.0. The zero-order valence-electron chi connectivity index (χ0n) is 9.49. The van der Waals surface area contributed by atoms with Crippen molar-refractivity contribution in [3.63, 3.8) is 0 Å². The van der Waals surface area contributed by atoms with Crippen LogP contribution in [-0.2, 0) is 4.79 Å². The smallest absolute Gasteiger partial charge is 0.327 e. The summed E-state index contributed by atoms with van der Waals surface area (Å²) in [7, 11) is 1.58. The lowest BCUT2D eigenvalue weighted by Gasteiger charge is -2.29. The van der Waals surface area contributed by atoms with Crippen LogP contribution in [0, 0.1) is 0 Å². The minimum absolute atomic E-state index is 0.0992. The first-order chi connectivity index (χ1) is 6.93. The third-order valence-corrected chi connectivity index (χ3v) is 3.00. The molecule has 0 aromatic rings. The molecular weight excluding hydrogens is 196 g/mol. The first kappa shape index (κ1) is 12.0. The molecule has 15 heavy (non-hydrogen) atoms. The van der Waals surface area contributed by atoms with Gasteiger partial charge in [-0.15, -0.1) is 0 Å². The van der Waals surface area contributed by atoms with Crippen LogP contribution in [0.25, 0.3) is 0 Å². The number of aliphatic hydroxyl groups is 1. The number of amides is 3. The lowest BCUT2D eigenvalue weighted by Crippen LogP contribution is -2.45. The van der Waals surface area contributed by atoms with Crippen LogP contribution in [0.15, 0.2) is 0 Å². The van der Waals surface area contributed by atoms with Crippen molar-refractivity contribution in [1.29, 1.82) is 0 Å². The van der Waals surface area contributed by atoms with Crippen LogP contribution >= 0.6 is 0 Å². The molecule has 0 atom stereocenters. The Morgan fingerprint density at radius 2 is 1.87 bits per heavy atom. The van der Waals surface area contributed by atoms with E-state index in [0.717, 1.165) is 4.90 Å². The topological polar surface area (TPSA) is 60.9 Å². The summed E-state index contributed by atoms with van der Waals surface area (Å²) in [6, 6.07) is -0.319. The van der Waals surface area contributed by atoms with Gasteiger partial charge in [-0.2, -0.15) is 0 Å². The zero-order valence-corrected chi connectivity index (χ0v) is 9.49. The van der Waals surface area contributed by atoms with Crippen molar-refractivity contribution < 1.29 is 14.7 Å². The van der Waals surface area contributed by atoms with E-state index >= 15 is 0 Å². The molecule has 0 aromatic carbocycles. The zero-order chi connectivity index (χ0) is 11.6. The lowest BCUT2D eigenvalue weighted by atomic mass is 9.97. The molecular formula is C10H18N2O3. The van der Waals surface area contributed by atoms with Crippen molar-refractivity contribution in [2.45, 2.75) is 32.3 Å². The summed E-state index contributed by atoms with van der Waals surface area (Å²) in [6.45, 7) is 3.90. The van der Waals surface area contributed by atoms with Gasteiger partial charge in [-0.1, -0.05) is 13.8 Å². The average Bonchev–Trinajstić information content (AvgIpc) is 2.45. The third kappa shape index (κ3) is 2.28. The van der Waals surface area contributed by atoms with Crippen molar-refractivity contribution in [2.75, 3.05) is 20.1 Å². The summed E-state index contributed by atoms with van der Waals surface area (Å²) >= 11 is 0. The van der Waals surface area contributed by atoms with Crippen LogP contribution in [0.5, 0.6) is 0 Å². The van der Waals surface area contributed by atoms with Gasteiger partial charge >= 0.3 is 6.03 Å². The van der Waals surface area contributed by atoms with Gasteiger partial charge in [-0.25, -0.2) is 4.79 Å². The highest BCUT2D eigenvalue weighted by atomic mass is 16.3. The van der Waals surface area contributed by atoms with Crippen LogP contribution < -0.4 is 0 Å². The van der Waals surface area contributed by atoms with E-state index in [1.165, 1.54) is 4.90 Å². The van der Waals surface area contributed by atoms with Crippen LogP contribution in [0.1, 0.15) is 26.7 Å². The van der Waals surface area contributed by atoms with Gasteiger partial charge in [0.15, 0.2) is 0 Å². The van der Waals surface area contributed by atoms with Crippen LogP contribution in [0.3, 0.4) is 0 Å². The highest BCUT2D eigenvalue weighted by Gasteiger charge is 2.38. The van der Waals surface area contributed by atoms with Crippen LogP contribution in [0.2, 0.25) is 0 Å². The molecule has 0 radical (unpaired) electrons. The highest BCUT2D eigenvalue weighted by molar-refractivity contribution is 6.01. The van der Waals surface area contributed by atoms with Crippen molar-refractivity contribution in [3.05, 3.63) is 0 Å². The lowest BCUT2D eigenvalue weighted by molar-refractivity contribution is -0.128. The molecule has 3 amide bonds. The monoisotopic (exact) mass is 214 g/mol. The predicted octanol–water partition coefficient (Wildman–Crippen LogP) is 0.431. The molecule has 1 N–H and O–H groups in total. The highest BCUT2D eigenvalue weighted by Crippen LogP contribution is 2.19. The Balaban J connectivity index is 2.73. The molecule has 1 fully saturated rings. The number of imide groups is 1. The Morgan fingerprint density at radius 3 is 2.20 bits per heavy atom. The number of likely N-dealkylation sites (N-methyl/N-ethyl adjacent to an activating group) is 1. The molecule has 1 saturated heterocycles. The second-order valence-electron chi connectivity index (χ2n) is 4.05. The first-order valence-corrected chi connectivity index (χ1v) is 5.21. The maximum Gasteiger partial charge on any atom is 0.327 e. The number of carbonyl (C=O) groups is 2. The maximum absolute atomic E-state index is 11.5. The van der Waals surface area contributed by atoms with Gasteiger partial charge in [0.25, 0.3) is 0 Å². The Bertz CT molecular complexity index is 274. The van der Waals surface area contributed by atoms with Gasteiger partial charge in [0.1, 0.15) is 6.54 Å². The van der Waals surface area contributed by atoms with Crippen molar-refractivity contribution >= 4 is 11.9 Å². The third-order valence-electron chi connectivity index (χ3n) is 3.00. The van der Waals surface area contributed by atoms with Crippen molar-refractivity contribution in [2.24, 2.45) is 0 Å². The van der Waals surface area contributed by atoms with Gasteiger partial charge in [-0.05, 0) is 12.8 Å². The molecule has 0 unspecified atom stereocenters. The molecule has 86 valence electrons. The molecule has 0 aliphatic carbocycles. The van der Waals surface area contributed by atoms with E-state index in [4.69, 9.17) is 0 Å². The fourth-order valence-electron chi connectivity index (χ4n) is 1.59. The second kappa shape index (κ2) is 4.18. The Labute approximate surface area is 89.7 Å². The molecule has 0 aromatic heterocycles. The molecule has 0 bridgehead atoms. The Morgan fingerprint density at radius 1 is 1.33 bits per heavy atom. The summed E-state index contributed by atoms with van der Waals surface area (Å²) in [6.07, 6.45) is 1.06. The second-order valence-corrected chi connectivity index (χ2v) is 4.05. The average molecular weight is 214 g/mol. The molecule has 5 heteroatoms. The number of β-amino-alcohol motifs (C(OH)–C–C–N with tert-alkyl or cyclic N) is 1. The minimum atomic E-state index is -0.948. The summed E-state index contributed by atoms with van der Waals surface area (Å²) in [4.78, 5) is 25.5.